The first kappa shape index (κ1) is 31.6. The monoisotopic (exact) mass is 581 g/mol. The van der Waals surface area contributed by atoms with Gasteiger partial charge < -0.3 is 25.5 Å². The van der Waals surface area contributed by atoms with Crippen molar-refractivity contribution in [2.24, 2.45) is 35.5 Å². The van der Waals surface area contributed by atoms with Gasteiger partial charge in [-0.3, -0.25) is 24.5 Å². The topological polar surface area (TPSA) is 188 Å². The Hall–Kier alpha value is -2.31. The third-order valence-electron chi connectivity index (χ3n) is 10.3. The lowest BCUT2D eigenvalue weighted by atomic mass is 9.75. The summed E-state index contributed by atoms with van der Waals surface area (Å²) in [5.41, 5.74) is 3.17. The van der Waals surface area contributed by atoms with Crippen molar-refractivity contribution >= 4 is 17.8 Å². The maximum Gasteiger partial charge on any atom is 0.307 e. The first-order valence-electron chi connectivity index (χ1n) is 15.6. The number of hydroxylamine groups is 1. The van der Waals surface area contributed by atoms with Crippen molar-refractivity contribution in [3.05, 3.63) is 10.1 Å². The molecule has 0 aliphatic heterocycles. The third kappa shape index (κ3) is 8.84. The lowest BCUT2D eigenvalue weighted by molar-refractivity contribution is -0.528. The molecule has 0 heterocycles. The number of hydrogen-bond acceptors (Lipinski definition) is 8. The Morgan fingerprint density at radius 1 is 0.756 bits per heavy atom. The summed E-state index contributed by atoms with van der Waals surface area (Å²) in [4.78, 5) is 52.6. The van der Waals surface area contributed by atoms with Crippen LogP contribution in [0.15, 0.2) is 0 Å². The Morgan fingerprint density at radius 3 is 1.95 bits per heavy atom. The highest BCUT2D eigenvalue weighted by atomic mass is 16.6. The Balaban J connectivity index is 1.11. The van der Waals surface area contributed by atoms with E-state index in [0.717, 1.165) is 51.4 Å². The number of carboxylic acid groups (broad SMARTS) is 2. The molecule has 0 radical (unpaired) electrons. The van der Waals surface area contributed by atoms with Crippen LogP contribution >= 0.6 is 0 Å². The van der Waals surface area contributed by atoms with Crippen molar-refractivity contribution < 1.29 is 39.5 Å². The van der Waals surface area contributed by atoms with Crippen LogP contribution in [-0.4, -0.2) is 68.9 Å². The Morgan fingerprint density at radius 2 is 1.37 bits per heavy atom. The van der Waals surface area contributed by atoms with Gasteiger partial charge in [0.05, 0.1) is 30.5 Å². The van der Waals surface area contributed by atoms with E-state index >= 15 is 0 Å². The highest BCUT2D eigenvalue weighted by Gasteiger charge is 2.44. The van der Waals surface area contributed by atoms with E-state index in [1.54, 1.807) is 0 Å². The molecule has 0 aromatic heterocycles. The summed E-state index contributed by atoms with van der Waals surface area (Å²) in [6.45, 7) is 0.348. The summed E-state index contributed by atoms with van der Waals surface area (Å²) in [6.07, 6.45) is 10.7. The van der Waals surface area contributed by atoms with Crippen LogP contribution in [0.2, 0.25) is 0 Å². The molecule has 12 nitrogen and oxygen atoms in total. The van der Waals surface area contributed by atoms with Crippen LogP contribution in [0.5, 0.6) is 0 Å². The Labute approximate surface area is 241 Å². The van der Waals surface area contributed by atoms with E-state index in [2.05, 4.69) is 10.8 Å². The van der Waals surface area contributed by atoms with Gasteiger partial charge >= 0.3 is 11.9 Å². The summed E-state index contributed by atoms with van der Waals surface area (Å²) >= 11 is 0. The summed E-state index contributed by atoms with van der Waals surface area (Å²) in [5.74, 6) is -3.34. The van der Waals surface area contributed by atoms with E-state index in [-0.39, 0.29) is 43.2 Å². The SMILES string of the molecule is O=C(O)C1CC(O)CCC1CONC1CCC(CC2CCC(NC(=O)C3CCC([N+](=O)[O-])CC3C(=O)O)CC2)CC1. The van der Waals surface area contributed by atoms with Crippen molar-refractivity contribution in [2.45, 2.75) is 121 Å². The molecule has 4 aliphatic rings. The molecular formula is C29H47N3O9. The molecule has 0 bridgehead atoms. The number of nitrogens with one attached hydrogen (secondary N) is 2. The number of hydrogen-bond donors (Lipinski definition) is 5. The first-order valence-corrected chi connectivity index (χ1v) is 15.6. The number of aliphatic hydroxyl groups is 1. The molecule has 12 heteroatoms. The molecular weight excluding hydrogens is 534 g/mol. The van der Waals surface area contributed by atoms with E-state index in [0.29, 0.717) is 37.7 Å². The highest BCUT2D eigenvalue weighted by molar-refractivity contribution is 5.85. The minimum Gasteiger partial charge on any atom is -0.481 e. The van der Waals surface area contributed by atoms with Gasteiger partial charge in [-0.05, 0) is 101 Å². The number of nitrogens with zero attached hydrogens (tertiary/aromatic N) is 1. The van der Waals surface area contributed by atoms with Crippen molar-refractivity contribution in [3.63, 3.8) is 0 Å². The zero-order valence-electron chi connectivity index (χ0n) is 23.8. The average Bonchev–Trinajstić information content (AvgIpc) is 2.95. The predicted octanol–water partition coefficient (Wildman–Crippen LogP) is 3.14. The van der Waals surface area contributed by atoms with E-state index in [1.165, 1.54) is 6.42 Å². The smallest absolute Gasteiger partial charge is 0.307 e. The summed E-state index contributed by atoms with van der Waals surface area (Å²) in [5, 5.41) is 43.0. The number of nitro groups is 1. The van der Waals surface area contributed by atoms with Crippen LogP contribution in [0, 0.1) is 45.6 Å². The minimum atomic E-state index is -1.13. The molecule has 5 N–H and O–H groups in total. The highest BCUT2D eigenvalue weighted by Crippen LogP contribution is 2.37. The van der Waals surface area contributed by atoms with Gasteiger partial charge in [0.15, 0.2) is 0 Å². The number of carbonyl (C=O) groups is 3. The molecule has 0 aromatic rings. The van der Waals surface area contributed by atoms with Crippen LogP contribution in [0.1, 0.15) is 96.3 Å². The van der Waals surface area contributed by atoms with Crippen molar-refractivity contribution in [3.8, 4) is 0 Å². The van der Waals surface area contributed by atoms with Gasteiger partial charge in [-0.2, -0.15) is 5.48 Å². The van der Waals surface area contributed by atoms with Gasteiger partial charge in [-0.1, -0.05) is 0 Å². The number of carboxylic acids is 2. The fourth-order valence-corrected chi connectivity index (χ4v) is 7.75. The van der Waals surface area contributed by atoms with Crippen LogP contribution in [-0.2, 0) is 19.2 Å². The van der Waals surface area contributed by atoms with Gasteiger partial charge in [-0.15, -0.1) is 0 Å². The molecule has 232 valence electrons. The van der Waals surface area contributed by atoms with Crippen LogP contribution in [0.3, 0.4) is 0 Å². The molecule has 6 atom stereocenters. The summed E-state index contributed by atoms with van der Waals surface area (Å²) in [6, 6.07) is -0.589. The van der Waals surface area contributed by atoms with E-state index < -0.39 is 46.8 Å². The van der Waals surface area contributed by atoms with Crippen molar-refractivity contribution in [1.82, 2.24) is 10.8 Å². The van der Waals surface area contributed by atoms with E-state index in [4.69, 9.17) is 4.84 Å². The maximum atomic E-state index is 12.9. The van der Waals surface area contributed by atoms with Gasteiger partial charge in [-0.25, -0.2) is 0 Å². The molecule has 0 spiro atoms. The van der Waals surface area contributed by atoms with Crippen LogP contribution in [0.4, 0.5) is 0 Å². The van der Waals surface area contributed by atoms with E-state index in [9.17, 15) is 39.8 Å². The molecule has 0 saturated heterocycles. The second-order valence-electron chi connectivity index (χ2n) is 13.1. The summed E-state index contributed by atoms with van der Waals surface area (Å²) < 4.78 is 0. The standard InChI is InChI=1S/C29H47N3O9/c33-23-11-5-19(25(15-23)28(35)36)16-41-31-21-8-3-18(4-9-21)13-17-1-6-20(7-2-17)30-27(34)24-12-10-22(32(39)40)14-26(24)29(37)38/h17-26,31,33H,1-16H2,(H,30,34)(H,35,36)(H,37,38). The number of aliphatic hydroxyl groups excluding tert-OH is 1. The second-order valence-corrected chi connectivity index (χ2v) is 13.1. The first-order chi connectivity index (χ1) is 19.6. The molecule has 0 aromatic carbocycles. The van der Waals surface area contributed by atoms with Crippen LogP contribution in [0.25, 0.3) is 0 Å². The third-order valence-corrected chi connectivity index (χ3v) is 10.3. The van der Waals surface area contributed by atoms with Gasteiger partial charge in [0.2, 0.25) is 11.9 Å². The minimum absolute atomic E-state index is 0.0340. The second kappa shape index (κ2) is 14.7. The molecule has 4 saturated carbocycles. The lowest BCUT2D eigenvalue weighted by Crippen LogP contribution is -2.47. The van der Waals surface area contributed by atoms with Gasteiger partial charge in [0, 0.05) is 29.8 Å². The predicted molar refractivity (Wildman–Crippen MR) is 147 cm³/mol. The fraction of sp³-hybridized carbons (Fsp3) is 0.897. The Kier molecular flexibility index (Phi) is 11.4. The van der Waals surface area contributed by atoms with Crippen LogP contribution < -0.4 is 10.8 Å². The quantitative estimate of drug-likeness (QED) is 0.179. The van der Waals surface area contributed by atoms with Crippen molar-refractivity contribution in [1.29, 1.82) is 0 Å². The molecule has 6 unspecified atom stereocenters. The molecule has 4 aliphatic carbocycles. The van der Waals surface area contributed by atoms with Gasteiger partial charge in [0.25, 0.3) is 0 Å². The maximum absolute atomic E-state index is 12.9. The largest absolute Gasteiger partial charge is 0.481 e. The number of carbonyl (C=O) groups excluding carboxylic acids is 1. The van der Waals surface area contributed by atoms with Gasteiger partial charge in [0.1, 0.15) is 0 Å². The zero-order chi connectivity index (χ0) is 29.5. The zero-order valence-corrected chi connectivity index (χ0v) is 23.8. The number of amides is 1. The lowest BCUT2D eigenvalue weighted by Gasteiger charge is -2.36. The fourth-order valence-electron chi connectivity index (χ4n) is 7.75. The molecule has 4 fully saturated rings. The molecule has 41 heavy (non-hydrogen) atoms. The molecule has 1 amide bonds. The van der Waals surface area contributed by atoms with Crippen molar-refractivity contribution in [2.75, 3.05) is 6.61 Å². The normalized spacial score (nSPS) is 38.1. The summed E-state index contributed by atoms with van der Waals surface area (Å²) in [7, 11) is 0. The number of rotatable bonds is 11. The Bertz CT molecular complexity index is 917. The molecule has 4 rings (SSSR count). The average molecular weight is 582 g/mol. The van der Waals surface area contributed by atoms with E-state index in [1.807, 2.05) is 0 Å². The number of aliphatic carboxylic acids is 2.